The van der Waals surface area contributed by atoms with E-state index >= 15 is 0 Å². The van der Waals surface area contributed by atoms with E-state index in [0.717, 1.165) is 61.1 Å². The van der Waals surface area contributed by atoms with Gasteiger partial charge < -0.3 is 14.8 Å². The Bertz CT molecular complexity index is 581. The molecule has 2 aromatic heterocycles. The summed E-state index contributed by atoms with van der Waals surface area (Å²) in [5, 5.41) is 1.15. The Kier molecular flexibility index (Phi) is 3.14. The van der Waals surface area contributed by atoms with Crippen molar-refractivity contribution >= 4 is 16.9 Å². The van der Waals surface area contributed by atoms with Crippen molar-refractivity contribution in [3.8, 4) is 0 Å². The van der Waals surface area contributed by atoms with Gasteiger partial charge in [-0.3, -0.25) is 0 Å². The van der Waals surface area contributed by atoms with Crippen molar-refractivity contribution in [1.29, 1.82) is 0 Å². The zero-order chi connectivity index (χ0) is 13.4. The van der Waals surface area contributed by atoms with Crippen LogP contribution in [0.1, 0.15) is 18.4 Å². The molecule has 1 fully saturated rings. The highest BCUT2D eigenvalue weighted by Gasteiger charge is 2.20. The van der Waals surface area contributed by atoms with Crippen molar-refractivity contribution in [3.05, 3.63) is 17.6 Å². The Hall–Kier alpha value is -1.62. The number of H-pyrrole nitrogens is 1. The Morgan fingerprint density at radius 1 is 1.16 bits per heavy atom. The van der Waals surface area contributed by atoms with Gasteiger partial charge in [-0.25, -0.2) is 9.97 Å². The molecule has 0 aliphatic carbocycles. The van der Waals surface area contributed by atoms with Gasteiger partial charge in [0.1, 0.15) is 17.3 Å². The first-order chi connectivity index (χ1) is 9.17. The molecule has 5 heteroatoms. The standard InChI is InChI=1S/C14H21N5/c1-4-18-5-7-19(8-6-18)14-12-9-10(2)15-13(12)16-11(3)17-14/h9H,4-8H2,1-3H3,(H,15,16,17). The van der Waals surface area contributed by atoms with Crippen LogP contribution in [0.3, 0.4) is 0 Å². The van der Waals surface area contributed by atoms with E-state index in [1.807, 2.05) is 6.92 Å². The highest BCUT2D eigenvalue weighted by molar-refractivity contribution is 5.88. The molecule has 0 unspecified atom stereocenters. The summed E-state index contributed by atoms with van der Waals surface area (Å²) in [4.78, 5) is 17.3. The van der Waals surface area contributed by atoms with Crippen LogP contribution < -0.4 is 4.90 Å². The van der Waals surface area contributed by atoms with E-state index < -0.39 is 0 Å². The van der Waals surface area contributed by atoms with Gasteiger partial charge >= 0.3 is 0 Å². The summed E-state index contributed by atoms with van der Waals surface area (Å²) in [6.07, 6.45) is 0. The van der Waals surface area contributed by atoms with E-state index in [1.165, 1.54) is 0 Å². The third-order valence-corrected chi connectivity index (χ3v) is 3.83. The van der Waals surface area contributed by atoms with Gasteiger partial charge in [0.25, 0.3) is 0 Å². The molecule has 3 rings (SSSR count). The fourth-order valence-electron chi connectivity index (χ4n) is 2.75. The summed E-state index contributed by atoms with van der Waals surface area (Å²) in [5.74, 6) is 1.92. The normalized spacial score (nSPS) is 17.3. The molecular weight excluding hydrogens is 238 g/mol. The first kappa shape index (κ1) is 12.4. The van der Waals surface area contributed by atoms with E-state index in [2.05, 4.69) is 44.7 Å². The Morgan fingerprint density at radius 2 is 1.89 bits per heavy atom. The van der Waals surface area contributed by atoms with Gasteiger partial charge in [0.15, 0.2) is 0 Å². The molecule has 0 atom stereocenters. The summed E-state index contributed by atoms with van der Waals surface area (Å²) in [5.41, 5.74) is 2.10. The number of fused-ring (bicyclic) bond motifs is 1. The van der Waals surface area contributed by atoms with Gasteiger partial charge in [0.2, 0.25) is 0 Å². The van der Waals surface area contributed by atoms with Crippen LogP contribution in [0.25, 0.3) is 11.0 Å². The van der Waals surface area contributed by atoms with E-state index in [1.54, 1.807) is 0 Å². The highest BCUT2D eigenvalue weighted by atomic mass is 15.3. The lowest BCUT2D eigenvalue weighted by molar-refractivity contribution is 0.270. The molecule has 0 radical (unpaired) electrons. The molecule has 102 valence electrons. The number of anilines is 1. The number of aryl methyl sites for hydroxylation is 2. The predicted octanol–water partition coefficient (Wildman–Crippen LogP) is 1.72. The minimum Gasteiger partial charge on any atom is -0.353 e. The van der Waals surface area contributed by atoms with Gasteiger partial charge in [0, 0.05) is 31.9 Å². The molecule has 0 bridgehead atoms. The molecule has 0 spiro atoms. The molecule has 1 aliphatic heterocycles. The van der Waals surface area contributed by atoms with Gasteiger partial charge in [-0.15, -0.1) is 0 Å². The van der Waals surface area contributed by atoms with E-state index in [9.17, 15) is 0 Å². The number of piperazine rings is 1. The van der Waals surface area contributed by atoms with E-state index in [4.69, 9.17) is 0 Å². The fraction of sp³-hybridized carbons (Fsp3) is 0.571. The second-order valence-corrected chi connectivity index (χ2v) is 5.23. The summed E-state index contributed by atoms with van der Waals surface area (Å²) in [6.45, 7) is 11.7. The molecular formula is C14H21N5. The number of likely N-dealkylation sites (N-methyl/N-ethyl adjacent to an activating group) is 1. The van der Waals surface area contributed by atoms with Crippen LogP contribution in [0.2, 0.25) is 0 Å². The van der Waals surface area contributed by atoms with Crippen molar-refractivity contribution < 1.29 is 0 Å². The molecule has 5 nitrogen and oxygen atoms in total. The number of rotatable bonds is 2. The van der Waals surface area contributed by atoms with Crippen LogP contribution in [0.4, 0.5) is 5.82 Å². The van der Waals surface area contributed by atoms with Crippen molar-refractivity contribution in [2.75, 3.05) is 37.6 Å². The van der Waals surface area contributed by atoms with Crippen LogP contribution in [0, 0.1) is 13.8 Å². The molecule has 1 N–H and O–H groups in total. The van der Waals surface area contributed by atoms with Crippen molar-refractivity contribution in [3.63, 3.8) is 0 Å². The molecule has 1 saturated heterocycles. The lowest BCUT2D eigenvalue weighted by atomic mass is 10.2. The first-order valence-electron chi connectivity index (χ1n) is 6.98. The van der Waals surface area contributed by atoms with Crippen molar-refractivity contribution in [2.45, 2.75) is 20.8 Å². The second kappa shape index (κ2) is 4.81. The predicted molar refractivity (Wildman–Crippen MR) is 77.7 cm³/mol. The number of hydrogen-bond acceptors (Lipinski definition) is 4. The molecule has 0 amide bonds. The molecule has 3 heterocycles. The maximum absolute atomic E-state index is 4.67. The lowest BCUT2D eigenvalue weighted by Gasteiger charge is -2.35. The average molecular weight is 259 g/mol. The zero-order valence-electron chi connectivity index (χ0n) is 11.9. The fourth-order valence-corrected chi connectivity index (χ4v) is 2.75. The maximum atomic E-state index is 4.67. The topological polar surface area (TPSA) is 48.1 Å². The minimum absolute atomic E-state index is 0.835. The quantitative estimate of drug-likeness (QED) is 0.892. The molecule has 2 aromatic rings. The number of aromatic amines is 1. The van der Waals surface area contributed by atoms with Crippen LogP contribution in [0.15, 0.2) is 6.07 Å². The zero-order valence-corrected chi connectivity index (χ0v) is 11.9. The third kappa shape index (κ3) is 2.30. The van der Waals surface area contributed by atoms with Gasteiger partial charge in [-0.05, 0) is 26.5 Å². The average Bonchev–Trinajstić information content (AvgIpc) is 2.78. The number of nitrogens with one attached hydrogen (secondary N) is 1. The van der Waals surface area contributed by atoms with E-state index in [0.29, 0.717) is 0 Å². The maximum Gasteiger partial charge on any atom is 0.143 e. The van der Waals surface area contributed by atoms with Gasteiger partial charge in [0.05, 0.1) is 5.39 Å². The molecule has 19 heavy (non-hydrogen) atoms. The van der Waals surface area contributed by atoms with Crippen LogP contribution >= 0.6 is 0 Å². The summed E-state index contributed by atoms with van der Waals surface area (Å²) in [6, 6.07) is 2.15. The smallest absolute Gasteiger partial charge is 0.143 e. The Labute approximate surface area is 113 Å². The summed E-state index contributed by atoms with van der Waals surface area (Å²) in [7, 11) is 0. The minimum atomic E-state index is 0.835. The van der Waals surface area contributed by atoms with Crippen LogP contribution in [-0.4, -0.2) is 52.6 Å². The third-order valence-electron chi connectivity index (χ3n) is 3.83. The Morgan fingerprint density at radius 3 is 2.58 bits per heavy atom. The summed E-state index contributed by atoms with van der Waals surface area (Å²) >= 11 is 0. The van der Waals surface area contributed by atoms with Crippen LogP contribution in [0.5, 0.6) is 0 Å². The number of aromatic nitrogens is 3. The number of nitrogens with zero attached hydrogens (tertiary/aromatic N) is 4. The van der Waals surface area contributed by atoms with E-state index in [-0.39, 0.29) is 0 Å². The first-order valence-corrected chi connectivity index (χ1v) is 6.98. The van der Waals surface area contributed by atoms with Gasteiger partial charge in [-0.2, -0.15) is 0 Å². The largest absolute Gasteiger partial charge is 0.353 e. The van der Waals surface area contributed by atoms with Crippen molar-refractivity contribution in [1.82, 2.24) is 19.9 Å². The van der Waals surface area contributed by atoms with Crippen LogP contribution in [-0.2, 0) is 0 Å². The SMILES string of the molecule is CCN1CCN(c2nc(C)nc3[nH]c(C)cc23)CC1. The molecule has 0 aromatic carbocycles. The Balaban J connectivity index is 1.96. The molecule has 1 aliphatic rings. The second-order valence-electron chi connectivity index (χ2n) is 5.23. The van der Waals surface area contributed by atoms with Crippen molar-refractivity contribution in [2.24, 2.45) is 0 Å². The molecule has 0 saturated carbocycles. The number of hydrogen-bond donors (Lipinski definition) is 1. The lowest BCUT2D eigenvalue weighted by Crippen LogP contribution is -2.46. The monoisotopic (exact) mass is 259 g/mol. The summed E-state index contributed by atoms with van der Waals surface area (Å²) < 4.78 is 0. The highest BCUT2D eigenvalue weighted by Crippen LogP contribution is 2.25. The van der Waals surface area contributed by atoms with Gasteiger partial charge in [-0.1, -0.05) is 6.92 Å².